The van der Waals surface area contributed by atoms with E-state index in [0.29, 0.717) is 38.6 Å². The van der Waals surface area contributed by atoms with Crippen LogP contribution in [0.25, 0.3) is 0 Å². The Morgan fingerprint density at radius 1 is 1.38 bits per heavy atom. The molecule has 7 nitrogen and oxygen atoms in total. The first-order valence-corrected chi connectivity index (χ1v) is 11.6. The number of ketones is 1. The third-order valence-electron chi connectivity index (χ3n) is 4.24. The van der Waals surface area contributed by atoms with Gasteiger partial charge >= 0.3 is 0 Å². The molecule has 0 bridgehead atoms. The van der Waals surface area contributed by atoms with Crippen molar-refractivity contribution in [2.75, 3.05) is 18.1 Å². The number of rotatable bonds is 5. The number of nitrogens with one attached hydrogen (secondary N) is 1. The van der Waals surface area contributed by atoms with Crippen LogP contribution in [0.3, 0.4) is 0 Å². The third kappa shape index (κ3) is 7.93. The zero-order valence-corrected chi connectivity index (χ0v) is 19.0. The average molecular weight is 502 g/mol. The molecule has 2 atom stereocenters. The molecule has 1 aliphatic carbocycles. The van der Waals surface area contributed by atoms with Crippen molar-refractivity contribution in [2.45, 2.75) is 30.6 Å². The fraction of sp³-hybridized carbons (Fsp3) is 0.368. The van der Waals surface area contributed by atoms with Crippen LogP contribution in [0.15, 0.2) is 40.1 Å². The standard InChI is InChI=1S/C13H11BrClN3O2S.C6H11NO/c1-21(20)10-3-2-8(4-9(10)15)5-13(19)18-12-7-16-11(14)6-17-12;7-4-5-1-2-6(8)3-5/h2-4,6-7H,5H2,1H3,(H,17,18,19);5H,1-4,7H2. The second-order valence-corrected chi connectivity index (χ2v) is 9.12. The number of hydrogen-bond donors (Lipinski definition) is 2. The lowest BCUT2D eigenvalue weighted by Gasteiger charge is -2.06. The van der Waals surface area contributed by atoms with Crippen LogP contribution >= 0.6 is 27.5 Å². The summed E-state index contributed by atoms with van der Waals surface area (Å²) >= 11 is 9.20. The lowest BCUT2D eigenvalue weighted by Crippen LogP contribution is -2.15. The summed E-state index contributed by atoms with van der Waals surface area (Å²) in [6.45, 7) is 0.686. The Balaban J connectivity index is 0.000000313. The number of halogens is 2. The maximum Gasteiger partial charge on any atom is 0.229 e. The number of anilines is 1. The van der Waals surface area contributed by atoms with Gasteiger partial charge in [0.1, 0.15) is 10.4 Å². The Labute approximate surface area is 185 Å². The van der Waals surface area contributed by atoms with E-state index in [1.54, 1.807) is 24.5 Å². The number of carbonyl (C=O) groups is 2. The maximum absolute atomic E-state index is 11.9. The van der Waals surface area contributed by atoms with Crippen molar-refractivity contribution in [1.82, 2.24) is 9.97 Å². The highest BCUT2D eigenvalue weighted by Gasteiger charge is 2.19. The highest BCUT2D eigenvalue weighted by atomic mass is 79.9. The molecule has 0 radical (unpaired) electrons. The molecule has 10 heteroatoms. The number of nitrogens with two attached hydrogens (primary N) is 1. The lowest BCUT2D eigenvalue weighted by molar-refractivity contribution is -0.117. The molecule has 2 unspecified atom stereocenters. The van der Waals surface area contributed by atoms with Crippen molar-refractivity contribution in [3.63, 3.8) is 0 Å². The second-order valence-electron chi connectivity index (χ2n) is 6.55. The van der Waals surface area contributed by atoms with Crippen LogP contribution in [0.2, 0.25) is 5.02 Å². The Kier molecular flexibility index (Phi) is 9.35. The zero-order chi connectivity index (χ0) is 21.4. The normalized spacial score (nSPS) is 16.7. The highest BCUT2D eigenvalue weighted by molar-refractivity contribution is 9.10. The molecule has 1 saturated carbocycles. The van der Waals surface area contributed by atoms with Crippen LogP contribution in [0, 0.1) is 5.92 Å². The molecular formula is C19H22BrClN4O3S. The number of amides is 1. The first kappa shape index (κ1) is 23.6. The Hall–Kier alpha value is -1.68. The van der Waals surface area contributed by atoms with Crippen molar-refractivity contribution in [3.05, 3.63) is 45.8 Å². The van der Waals surface area contributed by atoms with Gasteiger partial charge in [0.05, 0.1) is 39.5 Å². The van der Waals surface area contributed by atoms with Crippen molar-refractivity contribution in [3.8, 4) is 0 Å². The smallest absolute Gasteiger partial charge is 0.229 e. The number of Topliss-reactive ketones (excluding diaryl/α,β-unsaturated/α-hetero) is 1. The molecule has 1 aromatic heterocycles. The summed E-state index contributed by atoms with van der Waals surface area (Å²) in [5, 5.41) is 3.03. The van der Waals surface area contributed by atoms with Gasteiger partial charge in [0.2, 0.25) is 5.91 Å². The molecule has 1 aromatic carbocycles. The van der Waals surface area contributed by atoms with E-state index in [1.165, 1.54) is 12.4 Å². The van der Waals surface area contributed by atoms with Crippen molar-refractivity contribution < 1.29 is 13.8 Å². The predicted octanol–water partition coefficient (Wildman–Crippen LogP) is 3.13. The van der Waals surface area contributed by atoms with Crippen LogP contribution in [-0.2, 0) is 26.8 Å². The van der Waals surface area contributed by atoms with E-state index in [2.05, 4.69) is 31.2 Å². The topological polar surface area (TPSA) is 115 Å². The van der Waals surface area contributed by atoms with Gasteiger partial charge in [-0.25, -0.2) is 9.97 Å². The number of nitrogens with zero attached hydrogens (tertiary/aromatic N) is 2. The molecule has 2 aromatic rings. The zero-order valence-electron chi connectivity index (χ0n) is 15.9. The fourth-order valence-electron chi connectivity index (χ4n) is 2.73. The van der Waals surface area contributed by atoms with Crippen molar-refractivity contribution >= 4 is 55.8 Å². The molecular weight excluding hydrogens is 480 g/mol. The minimum atomic E-state index is -1.15. The van der Waals surface area contributed by atoms with E-state index in [0.717, 1.165) is 24.8 Å². The summed E-state index contributed by atoms with van der Waals surface area (Å²) in [6, 6.07) is 5.04. The molecule has 1 aliphatic rings. The quantitative estimate of drug-likeness (QED) is 0.650. The summed E-state index contributed by atoms with van der Waals surface area (Å²) in [5.74, 6) is 1.04. The van der Waals surface area contributed by atoms with Gasteiger partial charge in [-0.15, -0.1) is 0 Å². The van der Waals surface area contributed by atoms with Crippen LogP contribution < -0.4 is 11.1 Å². The molecule has 0 saturated heterocycles. The van der Waals surface area contributed by atoms with Crippen LogP contribution in [0.1, 0.15) is 24.8 Å². The van der Waals surface area contributed by atoms with Gasteiger partial charge in [-0.05, 0) is 52.5 Å². The lowest BCUT2D eigenvalue weighted by atomic mass is 10.1. The minimum Gasteiger partial charge on any atom is -0.330 e. The molecule has 156 valence electrons. The SMILES string of the molecule is CS(=O)c1ccc(CC(=O)Nc2cnc(Br)cn2)cc1Cl.NCC1CCC(=O)C1. The molecule has 1 amide bonds. The van der Waals surface area contributed by atoms with Gasteiger partial charge in [-0.2, -0.15) is 0 Å². The first-order chi connectivity index (χ1) is 13.8. The molecule has 1 fully saturated rings. The van der Waals surface area contributed by atoms with E-state index < -0.39 is 10.8 Å². The van der Waals surface area contributed by atoms with Gasteiger partial charge in [0.15, 0.2) is 5.82 Å². The van der Waals surface area contributed by atoms with E-state index in [1.807, 2.05) is 0 Å². The van der Waals surface area contributed by atoms with Gasteiger partial charge in [0.25, 0.3) is 0 Å². The second kappa shape index (κ2) is 11.5. The minimum absolute atomic E-state index is 0.147. The Bertz CT molecular complexity index is 896. The van der Waals surface area contributed by atoms with E-state index >= 15 is 0 Å². The summed E-state index contributed by atoms with van der Waals surface area (Å²) in [5.41, 5.74) is 6.08. The maximum atomic E-state index is 11.9. The summed E-state index contributed by atoms with van der Waals surface area (Å²) < 4.78 is 12.0. The summed E-state index contributed by atoms with van der Waals surface area (Å²) in [7, 11) is -1.15. The van der Waals surface area contributed by atoms with Crippen molar-refractivity contribution in [1.29, 1.82) is 0 Å². The van der Waals surface area contributed by atoms with Crippen LogP contribution in [0.4, 0.5) is 5.82 Å². The average Bonchev–Trinajstić information content (AvgIpc) is 3.09. The van der Waals surface area contributed by atoms with E-state index in [4.69, 9.17) is 17.3 Å². The highest BCUT2D eigenvalue weighted by Crippen LogP contribution is 2.21. The molecule has 0 aliphatic heterocycles. The summed E-state index contributed by atoms with van der Waals surface area (Å²) in [4.78, 5) is 31.0. The third-order valence-corrected chi connectivity index (χ3v) is 6.05. The predicted molar refractivity (Wildman–Crippen MR) is 117 cm³/mol. The number of benzene rings is 1. The summed E-state index contributed by atoms with van der Waals surface area (Å²) in [6.07, 6.45) is 7.18. The largest absolute Gasteiger partial charge is 0.330 e. The van der Waals surface area contributed by atoms with Gasteiger partial charge in [-0.3, -0.25) is 13.8 Å². The molecule has 1 heterocycles. The fourth-order valence-corrected chi connectivity index (χ4v) is 4.06. The molecule has 29 heavy (non-hydrogen) atoms. The number of aromatic nitrogens is 2. The van der Waals surface area contributed by atoms with Crippen molar-refractivity contribution in [2.24, 2.45) is 11.7 Å². The molecule has 3 N–H and O–H groups in total. The van der Waals surface area contributed by atoms with E-state index in [9.17, 15) is 13.8 Å². The molecule has 3 rings (SSSR count). The van der Waals surface area contributed by atoms with Gasteiger partial charge in [0, 0.05) is 19.1 Å². The van der Waals surface area contributed by atoms with Gasteiger partial charge < -0.3 is 11.1 Å². The van der Waals surface area contributed by atoms with E-state index in [-0.39, 0.29) is 12.3 Å². The molecule has 0 spiro atoms. The Morgan fingerprint density at radius 2 is 2.14 bits per heavy atom. The number of carbonyl (C=O) groups excluding carboxylic acids is 2. The van der Waals surface area contributed by atoms with Crippen LogP contribution in [0.5, 0.6) is 0 Å². The Morgan fingerprint density at radius 3 is 2.62 bits per heavy atom. The monoisotopic (exact) mass is 500 g/mol. The number of hydrogen-bond acceptors (Lipinski definition) is 6. The van der Waals surface area contributed by atoms with Gasteiger partial charge in [-0.1, -0.05) is 17.7 Å². The first-order valence-electron chi connectivity index (χ1n) is 8.89. The van der Waals surface area contributed by atoms with Crippen LogP contribution in [-0.4, -0.2) is 38.7 Å².